The maximum absolute atomic E-state index is 14.8. The highest BCUT2D eigenvalue weighted by molar-refractivity contribution is 5.73. The third kappa shape index (κ3) is 6.73. The van der Waals surface area contributed by atoms with Crippen molar-refractivity contribution in [2.75, 3.05) is 0 Å². The van der Waals surface area contributed by atoms with E-state index in [1.165, 1.54) is 6.07 Å². The van der Waals surface area contributed by atoms with Gasteiger partial charge < -0.3 is 10.8 Å². The summed E-state index contributed by atoms with van der Waals surface area (Å²) < 4.78 is 49.2. The fourth-order valence-electron chi connectivity index (χ4n) is 4.24. The number of benzene rings is 3. The molecule has 0 aliphatic rings. The minimum Gasteiger partial charge on any atom is -0.475 e. The van der Waals surface area contributed by atoms with Gasteiger partial charge in [0.05, 0.1) is 18.2 Å². The molecule has 1 heterocycles. The van der Waals surface area contributed by atoms with Gasteiger partial charge >= 0.3 is 17.8 Å². The summed E-state index contributed by atoms with van der Waals surface area (Å²) >= 11 is 0. The van der Waals surface area contributed by atoms with Crippen LogP contribution in [0.25, 0.3) is 11.1 Å². The van der Waals surface area contributed by atoms with Gasteiger partial charge in [0.25, 0.3) is 5.56 Å². The molecule has 4 aromatic rings. The number of carbonyl (C=O) groups is 1. The van der Waals surface area contributed by atoms with Crippen molar-refractivity contribution in [2.24, 2.45) is 5.73 Å². The summed E-state index contributed by atoms with van der Waals surface area (Å²) in [6, 6.07) is 24.0. The van der Waals surface area contributed by atoms with Crippen LogP contribution in [0.5, 0.6) is 0 Å². The molecule has 0 spiro atoms. The Kier molecular flexibility index (Phi) is 9.43. The summed E-state index contributed by atoms with van der Waals surface area (Å²) in [6.45, 7) is 3.55. The molecule has 3 aromatic carbocycles. The van der Waals surface area contributed by atoms with Crippen molar-refractivity contribution in [1.29, 1.82) is 0 Å². The summed E-state index contributed by atoms with van der Waals surface area (Å²) in [5.74, 6) is -3.28. The van der Waals surface area contributed by atoms with Gasteiger partial charge in [-0.3, -0.25) is 13.9 Å². The summed E-state index contributed by atoms with van der Waals surface area (Å²) in [7, 11) is 0. The van der Waals surface area contributed by atoms with E-state index < -0.39 is 35.3 Å². The van der Waals surface area contributed by atoms with Crippen molar-refractivity contribution in [3.05, 3.63) is 128 Å². The molecule has 0 aliphatic heterocycles. The quantitative estimate of drug-likeness (QED) is 0.322. The van der Waals surface area contributed by atoms with E-state index in [2.05, 4.69) is 0 Å². The molecule has 40 heavy (non-hydrogen) atoms. The summed E-state index contributed by atoms with van der Waals surface area (Å²) in [6.07, 6.45) is -5.08. The Labute approximate surface area is 226 Å². The van der Waals surface area contributed by atoms with Crippen LogP contribution in [0.15, 0.2) is 94.5 Å². The highest BCUT2D eigenvalue weighted by Crippen LogP contribution is 2.26. The van der Waals surface area contributed by atoms with Crippen molar-refractivity contribution >= 4 is 5.97 Å². The number of rotatable bonds is 6. The fraction of sp³-hybridized carbons (Fsp3) is 0.207. The van der Waals surface area contributed by atoms with Gasteiger partial charge in [0, 0.05) is 17.3 Å². The van der Waals surface area contributed by atoms with E-state index in [1.807, 2.05) is 67.6 Å². The standard InChI is InChI=1S/C27H26FN3O2.C2HF3O2/c1-18(20-11-5-3-6-12-20)31-19(2)25(22-15-9-10-16-23(22)28)26(32)30(27(31)33)17-24(29)21-13-7-4-8-14-21;3-2(4,5)1(6)7/h3-16,18,24H,17,29H2,1-2H3;(H,6,7)/t18?,24-;/m0./s1. The van der Waals surface area contributed by atoms with Crippen LogP contribution in [0, 0.1) is 12.7 Å². The molecule has 0 aliphatic carbocycles. The van der Waals surface area contributed by atoms with Crippen molar-refractivity contribution in [3.8, 4) is 11.1 Å². The van der Waals surface area contributed by atoms with Gasteiger partial charge in [-0.25, -0.2) is 14.0 Å². The number of nitrogens with zero attached hydrogens (tertiary/aromatic N) is 2. The van der Waals surface area contributed by atoms with Gasteiger partial charge in [0.1, 0.15) is 5.82 Å². The first-order chi connectivity index (χ1) is 18.8. The summed E-state index contributed by atoms with van der Waals surface area (Å²) in [5, 5.41) is 7.12. The number of carboxylic acid groups (broad SMARTS) is 1. The van der Waals surface area contributed by atoms with E-state index in [1.54, 1.807) is 29.7 Å². The number of aliphatic carboxylic acids is 1. The average molecular weight is 558 g/mol. The number of carboxylic acids is 1. The van der Waals surface area contributed by atoms with Crippen LogP contribution in [0.4, 0.5) is 17.6 Å². The third-order valence-corrected chi connectivity index (χ3v) is 6.28. The van der Waals surface area contributed by atoms with Crippen LogP contribution in [0.3, 0.4) is 0 Å². The number of nitrogens with two attached hydrogens (primary N) is 1. The van der Waals surface area contributed by atoms with Crippen molar-refractivity contribution in [1.82, 2.24) is 9.13 Å². The molecule has 11 heteroatoms. The molecule has 0 bridgehead atoms. The molecule has 1 aromatic heterocycles. The van der Waals surface area contributed by atoms with Crippen LogP contribution in [0.1, 0.15) is 35.8 Å². The predicted octanol–water partition coefficient (Wildman–Crippen LogP) is 5.07. The van der Waals surface area contributed by atoms with Crippen molar-refractivity contribution in [3.63, 3.8) is 0 Å². The molecule has 0 radical (unpaired) electrons. The SMILES string of the molecule is Cc1c(-c2ccccc2F)c(=O)n(C[C@H](N)c2ccccc2)c(=O)n1C(C)c1ccccc1.O=C(O)C(F)(F)F. The third-order valence-electron chi connectivity index (χ3n) is 6.28. The van der Waals surface area contributed by atoms with E-state index in [-0.39, 0.29) is 23.7 Å². The number of alkyl halides is 3. The fourth-order valence-corrected chi connectivity index (χ4v) is 4.24. The number of aromatic nitrogens is 2. The van der Waals surface area contributed by atoms with E-state index in [4.69, 9.17) is 15.6 Å². The minimum atomic E-state index is -5.08. The van der Waals surface area contributed by atoms with E-state index >= 15 is 0 Å². The molecule has 0 fully saturated rings. The molecular weight excluding hydrogens is 530 g/mol. The van der Waals surface area contributed by atoms with Crippen molar-refractivity contribution in [2.45, 2.75) is 38.7 Å². The summed E-state index contributed by atoms with van der Waals surface area (Å²) in [5.41, 5.74) is 7.80. The molecule has 1 unspecified atom stereocenters. The first-order valence-electron chi connectivity index (χ1n) is 12.1. The van der Waals surface area contributed by atoms with Crippen molar-refractivity contribution < 1.29 is 27.5 Å². The Bertz CT molecular complexity index is 1580. The lowest BCUT2D eigenvalue weighted by Crippen LogP contribution is -2.45. The average Bonchev–Trinajstić information content (AvgIpc) is 2.92. The zero-order valence-corrected chi connectivity index (χ0v) is 21.6. The number of halogens is 4. The highest BCUT2D eigenvalue weighted by atomic mass is 19.4. The Hall–Kier alpha value is -4.51. The van der Waals surface area contributed by atoms with Gasteiger partial charge in [-0.1, -0.05) is 78.9 Å². The highest BCUT2D eigenvalue weighted by Gasteiger charge is 2.38. The van der Waals surface area contributed by atoms with Crippen LogP contribution in [0.2, 0.25) is 0 Å². The van der Waals surface area contributed by atoms with Gasteiger partial charge in [0.2, 0.25) is 0 Å². The molecule has 0 amide bonds. The molecule has 0 saturated carbocycles. The Balaban J connectivity index is 0.000000559. The second-order valence-corrected chi connectivity index (χ2v) is 8.92. The molecular formula is C29H27F4N3O4. The smallest absolute Gasteiger partial charge is 0.475 e. The number of hydrogen-bond acceptors (Lipinski definition) is 4. The Morgan fingerprint density at radius 1 is 0.900 bits per heavy atom. The van der Waals surface area contributed by atoms with E-state index in [0.29, 0.717) is 5.69 Å². The molecule has 0 saturated heterocycles. The minimum absolute atomic E-state index is 0.0229. The van der Waals surface area contributed by atoms with Gasteiger partial charge in [-0.05, 0) is 31.0 Å². The largest absolute Gasteiger partial charge is 0.490 e. The number of hydrogen-bond donors (Lipinski definition) is 2. The lowest BCUT2D eigenvalue weighted by Gasteiger charge is -2.24. The molecule has 210 valence electrons. The zero-order chi connectivity index (χ0) is 29.6. The van der Waals surface area contributed by atoms with Crippen LogP contribution in [-0.4, -0.2) is 26.4 Å². The lowest BCUT2D eigenvalue weighted by molar-refractivity contribution is -0.192. The first-order valence-corrected chi connectivity index (χ1v) is 12.1. The second-order valence-electron chi connectivity index (χ2n) is 8.92. The first kappa shape index (κ1) is 30.0. The Morgan fingerprint density at radius 2 is 1.38 bits per heavy atom. The van der Waals surface area contributed by atoms with Crippen LogP contribution < -0.4 is 17.0 Å². The van der Waals surface area contributed by atoms with Gasteiger partial charge in [-0.2, -0.15) is 13.2 Å². The lowest BCUT2D eigenvalue weighted by atomic mass is 10.0. The second kappa shape index (κ2) is 12.6. The maximum Gasteiger partial charge on any atom is 0.490 e. The maximum atomic E-state index is 14.8. The van der Waals surface area contributed by atoms with E-state index in [9.17, 15) is 27.2 Å². The van der Waals surface area contributed by atoms with Crippen LogP contribution >= 0.6 is 0 Å². The normalized spacial score (nSPS) is 12.7. The zero-order valence-electron chi connectivity index (χ0n) is 21.6. The molecule has 4 rings (SSSR count). The van der Waals surface area contributed by atoms with Gasteiger partial charge in [-0.15, -0.1) is 0 Å². The summed E-state index contributed by atoms with van der Waals surface area (Å²) in [4.78, 5) is 36.1. The molecule has 2 atom stereocenters. The molecule has 3 N–H and O–H groups in total. The van der Waals surface area contributed by atoms with E-state index in [0.717, 1.165) is 15.7 Å². The topological polar surface area (TPSA) is 107 Å². The molecule has 7 nitrogen and oxygen atoms in total. The Morgan fingerprint density at radius 3 is 1.88 bits per heavy atom. The van der Waals surface area contributed by atoms with Crippen LogP contribution in [-0.2, 0) is 11.3 Å². The monoisotopic (exact) mass is 557 g/mol. The van der Waals surface area contributed by atoms with Gasteiger partial charge in [0.15, 0.2) is 0 Å². The predicted molar refractivity (Wildman–Crippen MR) is 142 cm³/mol.